The van der Waals surface area contributed by atoms with E-state index in [0.717, 1.165) is 17.0 Å². The molecule has 0 spiro atoms. The van der Waals surface area contributed by atoms with E-state index in [1.54, 1.807) is 36.7 Å². The van der Waals surface area contributed by atoms with E-state index in [1.807, 2.05) is 25.1 Å². The Bertz CT molecular complexity index is 1230. The van der Waals surface area contributed by atoms with Crippen molar-refractivity contribution in [1.29, 1.82) is 0 Å². The molecular weight excluding hydrogens is 390 g/mol. The van der Waals surface area contributed by atoms with Crippen molar-refractivity contribution in [1.82, 2.24) is 24.9 Å². The number of hydrogen-bond donors (Lipinski definition) is 2. The van der Waals surface area contributed by atoms with E-state index in [2.05, 4.69) is 42.1 Å². The topological polar surface area (TPSA) is 106 Å². The van der Waals surface area contributed by atoms with Gasteiger partial charge in [-0.2, -0.15) is 4.98 Å². The normalized spacial score (nSPS) is 13.3. The van der Waals surface area contributed by atoms with Crippen molar-refractivity contribution in [3.8, 4) is 11.5 Å². The Balaban J connectivity index is 1.52. The molecule has 154 valence electrons. The number of Topliss-reactive ketones (excluding diaryl/α,β-unsaturated/α-hetero) is 1. The number of ketones is 1. The van der Waals surface area contributed by atoms with Gasteiger partial charge in [-0.15, -0.1) is 0 Å². The van der Waals surface area contributed by atoms with Gasteiger partial charge in [0.15, 0.2) is 11.6 Å². The first-order valence-corrected chi connectivity index (χ1v) is 9.71. The number of aryl methyl sites for hydroxylation is 1. The lowest BCUT2D eigenvalue weighted by molar-refractivity contribution is -0.113. The molecule has 8 nitrogen and oxygen atoms in total. The van der Waals surface area contributed by atoms with Crippen LogP contribution in [-0.2, 0) is 4.79 Å². The summed E-state index contributed by atoms with van der Waals surface area (Å²) < 4.78 is 0. The van der Waals surface area contributed by atoms with Crippen molar-refractivity contribution in [2.75, 3.05) is 10.6 Å². The first-order chi connectivity index (χ1) is 15.0. The minimum Gasteiger partial charge on any atom is -0.327 e. The van der Waals surface area contributed by atoms with Crippen LogP contribution in [-0.4, -0.2) is 30.7 Å². The lowest BCUT2D eigenvalue weighted by Crippen LogP contribution is -2.10. The van der Waals surface area contributed by atoms with Gasteiger partial charge >= 0.3 is 0 Å². The van der Waals surface area contributed by atoms with E-state index >= 15 is 0 Å². The maximum absolute atomic E-state index is 11.7. The van der Waals surface area contributed by atoms with Crippen LogP contribution in [0.1, 0.15) is 19.0 Å². The number of allylic oxidation sites excluding steroid dienone is 4. The Morgan fingerprint density at radius 1 is 0.968 bits per heavy atom. The van der Waals surface area contributed by atoms with E-state index in [9.17, 15) is 4.79 Å². The smallest absolute Gasteiger partial charge is 0.228 e. The quantitative estimate of drug-likeness (QED) is 0.623. The number of pyridine rings is 1. The van der Waals surface area contributed by atoms with Crippen molar-refractivity contribution in [2.24, 2.45) is 0 Å². The van der Waals surface area contributed by atoms with Gasteiger partial charge in [0.05, 0.1) is 0 Å². The SMILES string of the molecule is C=C1C=C(C(C)=O)C=C(Nc2nccc(Nc3ccnc(-c4cccc(C)n4)n3)n2)C1. The molecule has 0 saturated heterocycles. The fraction of sp³-hybridized carbons (Fsp3) is 0.130. The van der Waals surface area contributed by atoms with Gasteiger partial charge in [0.1, 0.15) is 17.3 Å². The van der Waals surface area contributed by atoms with E-state index < -0.39 is 0 Å². The second-order valence-corrected chi connectivity index (χ2v) is 7.11. The molecule has 0 aromatic carbocycles. The molecule has 0 atom stereocenters. The molecule has 3 aromatic heterocycles. The van der Waals surface area contributed by atoms with Crippen molar-refractivity contribution in [3.05, 3.63) is 84.0 Å². The molecule has 31 heavy (non-hydrogen) atoms. The minimum absolute atomic E-state index is 0.0147. The fourth-order valence-corrected chi connectivity index (χ4v) is 3.06. The van der Waals surface area contributed by atoms with Crippen LogP contribution in [0.3, 0.4) is 0 Å². The van der Waals surface area contributed by atoms with E-state index in [0.29, 0.717) is 41.1 Å². The van der Waals surface area contributed by atoms with Gasteiger partial charge in [-0.25, -0.2) is 19.9 Å². The third kappa shape index (κ3) is 5.05. The zero-order valence-corrected chi connectivity index (χ0v) is 17.3. The second kappa shape index (κ2) is 8.66. The zero-order valence-electron chi connectivity index (χ0n) is 17.3. The van der Waals surface area contributed by atoms with Crippen LogP contribution < -0.4 is 10.6 Å². The largest absolute Gasteiger partial charge is 0.327 e. The molecular formula is C23H21N7O. The van der Waals surface area contributed by atoms with Crippen molar-refractivity contribution in [3.63, 3.8) is 0 Å². The lowest BCUT2D eigenvalue weighted by Gasteiger charge is -2.16. The van der Waals surface area contributed by atoms with Crippen LogP contribution in [0.25, 0.3) is 11.5 Å². The maximum Gasteiger partial charge on any atom is 0.228 e. The molecule has 0 saturated carbocycles. The van der Waals surface area contributed by atoms with Gasteiger partial charge in [0.2, 0.25) is 5.95 Å². The third-order valence-electron chi connectivity index (χ3n) is 4.47. The number of aromatic nitrogens is 5. The predicted molar refractivity (Wildman–Crippen MR) is 120 cm³/mol. The highest BCUT2D eigenvalue weighted by Crippen LogP contribution is 2.23. The van der Waals surface area contributed by atoms with Crippen molar-refractivity contribution in [2.45, 2.75) is 20.3 Å². The van der Waals surface area contributed by atoms with E-state index in [-0.39, 0.29) is 5.78 Å². The Labute approximate surface area is 179 Å². The summed E-state index contributed by atoms with van der Waals surface area (Å²) in [6, 6.07) is 9.21. The third-order valence-corrected chi connectivity index (χ3v) is 4.47. The Morgan fingerprint density at radius 2 is 1.74 bits per heavy atom. The monoisotopic (exact) mass is 411 g/mol. The highest BCUT2D eigenvalue weighted by molar-refractivity contribution is 5.97. The van der Waals surface area contributed by atoms with Crippen molar-refractivity contribution >= 4 is 23.4 Å². The summed E-state index contributed by atoms with van der Waals surface area (Å²) in [6.45, 7) is 7.42. The molecule has 0 amide bonds. The number of hydrogen-bond acceptors (Lipinski definition) is 8. The molecule has 0 aliphatic heterocycles. The number of nitrogens with one attached hydrogen (secondary N) is 2. The average Bonchev–Trinajstić information content (AvgIpc) is 2.74. The summed E-state index contributed by atoms with van der Waals surface area (Å²) in [5.74, 6) is 2.07. The first-order valence-electron chi connectivity index (χ1n) is 9.71. The molecule has 0 bridgehead atoms. The number of nitrogens with zero attached hydrogens (tertiary/aromatic N) is 5. The molecule has 0 radical (unpaired) electrons. The van der Waals surface area contributed by atoms with E-state index in [4.69, 9.17) is 0 Å². The summed E-state index contributed by atoms with van der Waals surface area (Å²) in [7, 11) is 0. The lowest BCUT2D eigenvalue weighted by atomic mass is 9.98. The van der Waals surface area contributed by atoms with Crippen LogP contribution in [0.2, 0.25) is 0 Å². The molecule has 0 fully saturated rings. The molecule has 1 aliphatic carbocycles. The fourth-order valence-electron chi connectivity index (χ4n) is 3.06. The Hall–Kier alpha value is -4.20. The molecule has 2 N–H and O–H groups in total. The van der Waals surface area contributed by atoms with Gasteiger partial charge in [0, 0.05) is 35.8 Å². The maximum atomic E-state index is 11.7. The summed E-state index contributed by atoms with van der Waals surface area (Å²) in [5, 5.41) is 6.34. The van der Waals surface area contributed by atoms with Gasteiger partial charge in [-0.05, 0) is 55.8 Å². The van der Waals surface area contributed by atoms with Crippen LogP contribution in [0, 0.1) is 6.92 Å². The predicted octanol–water partition coefficient (Wildman–Crippen LogP) is 4.15. The van der Waals surface area contributed by atoms with Gasteiger partial charge in [-0.3, -0.25) is 4.79 Å². The number of rotatable bonds is 6. The summed E-state index contributed by atoms with van der Waals surface area (Å²) in [6.07, 6.45) is 7.50. The van der Waals surface area contributed by atoms with Crippen LogP contribution in [0.15, 0.2) is 78.3 Å². The minimum atomic E-state index is -0.0147. The standard InChI is InChI=1S/C23H21N7O/c1-14-11-17(16(3)31)13-18(12-14)27-23-25-10-8-21(30-23)28-20-7-9-24-22(29-20)19-6-4-5-15(2)26-19/h4-11,13H,1,12H2,2-3H3,(H2,24,25,27,28,29,30). The Kier molecular flexibility index (Phi) is 5.61. The van der Waals surface area contributed by atoms with Gasteiger partial charge < -0.3 is 10.6 Å². The number of anilines is 3. The molecule has 0 unspecified atom stereocenters. The molecule has 8 heteroatoms. The molecule has 3 heterocycles. The van der Waals surface area contributed by atoms with Crippen molar-refractivity contribution < 1.29 is 4.79 Å². The number of carbonyl (C=O) groups excluding carboxylic acids is 1. The summed E-state index contributed by atoms with van der Waals surface area (Å²) in [4.78, 5) is 33.8. The summed E-state index contributed by atoms with van der Waals surface area (Å²) in [5.41, 5.74) is 3.86. The second-order valence-electron chi connectivity index (χ2n) is 7.11. The highest BCUT2D eigenvalue weighted by Gasteiger charge is 2.13. The first kappa shape index (κ1) is 20.1. The van der Waals surface area contributed by atoms with Crippen LogP contribution in [0.5, 0.6) is 0 Å². The van der Waals surface area contributed by atoms with Crippen LogP contribution in [0.4, 0.5) is 17.6 Å². The Morgan fingerprint density at radius 3 is 2.52 bits per heavy atom. The van der Waals surface area contributed by atoms with Gasteiger partial charge in [-0.1, -0.05) is 12.6 Å². The average molecular weight is 411 g/mol. The zero-order chi connectivity index (χ0) is 21.8. The molecule has 1 aliphatic rings. The summed E-state index contributed by atoms with van der Waals surface area (Å²) >= 11 is 0. The van der Waals surface area contributed by atoms with E-state index in [1.165, 1.54) is 6.92 Å². The molecule has 4 rings (SSSR count). The number of carbonyl (C=O) groups is 1. The molecule has 3 aromatic rings. The highest BCUT2D eigenvalue weighted by atomic mass is 16.1. The van der Waals surface area contributed by atoms with Crippen LogP contribution >= 0.6 is 0 Å². The van der Waals surface area contributed by atoms with Gasteiger partial charge in [0.25, 0.3) is 0 Å².